The van der Waals surface area contributed by atoms with Crippen LogP contribution in [-0.2, 0) is 0 Å². The molecular formula is C54H36N2O. The molecule has 268 valence electrons. The van der Waals surface area contributed by atoms with E-state index in [2.05, 4.69) is 228 Å². The number of benzene rings is 9. The van der Waals surface area contributed by atoms with Crippen molar-refractivity contribution in [3.05, 3.63) is 218 Å². The Morgan fingerprint density at radius 1 is 0.368 bits per heavy atom. The van der Waals surface area contributed by atoms with E-state index in [0.29, 0.717) is 0 Å². The molecule has 0 saturated carbocycles. The van der Waals surface area contributed by atoms with E-state index in [-0.39, 0.29) is 0 Å². The van der Waals surface area contributed by atoms with Gasteiger partial charge in [0.05, 0.1) is 27.8 Å². The monoisotopic (exact) mass is 728 g/mol. The smallest absolute Gasteiger partial charge is 0.145 e. The molecule has 0 N–H and O–H groups in total. The standard InChI is InChI=1S/C54H36N2O/c1-4-16-37(17-5-1)38-28-31-42(32-29-38)56(48-25-13-10-22-43(48)39-18-6-2-7-19-39)51-35-33-44(54-53(51)46-24-12-15-27-52(46)57-54)40-30-34-50-47(36-40)45-23-11-14-26-49(45)55(50)41-20-8-3-9-21-41/h1-36H. The summed E-state index contributed by atoms with van der Waals surface area (Å²) in [5, 5.41) is 4.58. The van der Waals surface area contributed by atoms with Crippen molar-refractivity contribution in [2.45, 2.75) is 0 Å². The lowest BCUT2D eigenvalue weighted by Crippen LogP contribution is -2.11. The summed E-state index contributed by atoms with van der Waals surface area (Å²) >= 11 is 0. The van der Waals surface area contributed by atoms with Crippen molar-refractivity contribution >= 4 is 60.8 Å². The van der Waals surface area contributed by atoms with E-state index in [1.807, 2.05) is 0 Å². The topological polar surface area (TPSA) is 21.3 Å². The van der Waals surface area contributed by atoms with Crippen LogP contribution in [0.2, 0.25) is 0 Å². The molecule has 3 heteroatoms. The van der Waals surface area contributed by atoms with Gasteiger partial charge in [0.25, 0.3) is 0 Å². The van der Waals surface area contributed by atoms with Crippen molar-refractivity contribution in [1.82, 2.24) is 4.57 Å². The van der Waals surface area contributed by atoms with Crippen LogP contribution >= 0.6 is 0 Å². The van der Waals surface area contributed by atoms with Gasteiger partial charge < -0.3 is 13.9 Å². The van der Waals surface area contributed by atoms with Crippen LogP contribution in [-0.4, -0.2) is 4.57 Å². The predicted octanol–water partition coefficient (Wildman–Crippen LogP) is 15.2. The second-order valence-corrected chi connectivity index (χ2v) is 14.5. The Morgan fingerprint density at radius 2 is 0.965 bits per heavy atom. The number of nitrogens with zero attached hydrogens (tertiary/aromatic N) is 2. The maximum atomic E-state index is 6.93. The highest BCUT2D eigenvalue weighted by molar-refractivity contribution is 6.18. The van der Waals surface area contributed by atoms with E-state index in [1.165, 1.54) is 32.9 Å². The lowest BCUT2D eigenvalue weighted by Gasteiger charge is -2.29. The van der Waals surface area contributed by atoms with Gasteiger partial charge in [-0.15, -0.1) is 0 Å². The molecule has 11 rings (SSSR count). The first-order valence-corrected chi connectivity index (χ1v) is 19.4. The van der Waals surface area contributed by atoms with Gasteiger partial charge in [-0.3, -0.25) is 0 Å². The predicted molar refractivity (Wildman–Crippen MR) is 239 cm³/mol. The van der Waals surface area contributed by atoms with Gasteiger partial charge in [-0.1, -0.05) is 152 Å². The Bertz CT molecular complexity index is 3220. The van der Waals surface area contributed by atoms with Crippen LogP contribution in [0.3, 0.4) is 0 Å². The number of para-hydroxylation sites is 4. The molecule has 0 atom stereocenters. The molecule has 0 saturated heterocycles. The summed E-state index contributed by atoms with van der Waals surface area (Å²) in [7, 11) is 0. The van der Waals surface area contributed by atoms with Crippen LogP contribution in [0.15, 0.2) is 223 Å². The molecule has 0 aliphatic carbocycles. The Morgan fingerprint density at radius 3 is 1.75 bits per heavy atom. The van der Waals surface area contributed by atoms with Crippen molar-refractivity contribution in [2.75, 3.05) is 4.90 Å². The van der Waals surface area contributed by atoms with Crippen molar-refractivity contribution < 1.29 is 4.42 Å². The van der Waals surface area contributed by atoms with Gasteiger partial charge in [-0.2, -0.15) is 0 Å². The first-order chi connectivity index (χ1) is 28.3. The normalized spacial score (nSPS) is 11.5. The molecule has 3 nitrogen and oxygen atoms in total. The second kappa shape index (κ2) is 13.6. The first-order valence-electron chi connectivity index (χ1n) is 19.4. The zero-order valence-electron chi connectivity index (χ0n) is 31.1. The fourth-order valence-corrected chi connectivity index (χ4v) is 8.59. The highest BCUT2D eigenvalue weighted by Crippen LogP contribution is 2.48. The molecule has 0 aliphatic rings. The molecule has 9 aromatic carbocycles. The van der Waals surface area contributed by atoms with Gasteiger partial charge in [0.2, 0.25) is 0 Å². The summed E-state index contributed by atoms with van der Waals surface area (Å²) in [4.78, 5) is 2.40. The van der Waals surface area contributed by atoms with Crippen molar-refractivity contribution in [3.63, 3.8) is 0 Å². The Balaban J connectivity index is 1.15. The van der Waals surface area contributed by atoms with Crippen LogP contribution in [0, 0.1) is 0 Å². The summed E-state index contributed by atoms with van der Waals surface area (Å²) in [5.41, 5.74) is 15.3. The molecule has 0 amide bonds. The van der Waals surface area contributed by atoms with E-state index in [4.69, 9.17) is 4.42 Å². The summed E-state index contributed by atoms with van der Waals surface area (Å²) in [5.74, 6) is 0. The highest BCUT2D eigenvalue weighted by Gasteiger charge is 2.24. The minimum atomic E-state index is 0.860. The van der Waals surface area contributed by atoms with Crippen LogP contribution in [0.1, 0.15) is 0 Å². The minimum Gasteiger partial charge on any atom is -0.455 e. The summed E-state index contributed by atoms with van der Waals surface area (Å²) in [6, 6.07) is 78.0. The van der Waals surface area contributed by atoms with Gasteiger partial charge >= 0.3 is 0 Å². The average Bonchev–Trinajstić information content (AvgIpc) is 3.84. The number of hydrogen-bond acceptors (Lipinski definition) is 2. The summed E-state index contributed by atoms with van der Waals surface area (Å²) in [6.45, 7) is 0. The number of anilines is 3. The Kier molecular flexibility index (Phi) is 7.82. The molecule has 2 aromatic heterocycles. The molecule has 0 spiro atoms. The molecule has 57 heavy (non-hydrogen) atoms. The second-order valence-electron chi connectivity index (χ2n) is 14.5. The summed E-state index contributed by atoms with van der Waals surface area (Å²) < 4.78 is 9.30. The van der Waals surface area contributed by atoms with Gasteiger partial charge in [0, 0.05) is 38.7 Å². The van der Waals surface area contributed by atoms with Gasteiger partial charge in [0.1, 0.15) is 11.2 Å². The number of aromatic nitrogens is 1. The largest absolute Gasteiger partial charge is 0.455 e. The van der Waals surface area contributed by atoms with Crippen molar-refractivity contribution in [3.8, 4) is 39.1 Å². The lowest BCUT2D eigenvalue weighted by atomic mass is 9.97. The van der Waals surface area contributed by atoms with Gasteiger partial charge in [-0.25, -0.2) is 0 Å². The fraction of sp³-hybridized carbons (Fsp3) is 0. The van der Waals surface area contributed by atoms with Gasteiger partial charge in [-0.05, 0) is 89.0 Å². The van der Waals surface area contributed by atoms with E-state index < -0.39 is 0 Å². The van der Waals surface area contributed by atoms with E-state index >= 15 is 0 Å². The fourth-order valence-electron chi connectivity index (χ4n) is 8.59. The zero-order valence-corrected chi connectivity index (χ0v) is 31.1. The Hall–Kier alpha value is -7.62. The van der Waals surface area contributed by atoms with Crippen LogP contribution < -0.4 is 4.90 Å². The van der Waals surface area contributed by atoms with E-state index in [9.17, 15) is 0 Å². The van der Waals surface area contributed by atoms with Gasteiger partial charge in [0.15, 0.2) is 0 Å². The third-order valence-electron chi connectivity index (χ3n) is 11.2. The van der Waals surface area contributed by atoms with Crippen LogP contribution in [0.4, 0.5) is 17.1 Å². The number of hydrogen-bond donors (Lipinski definition) is 0. The van der Waals surface area contributed by atoms with E-state index in [0.717, 1.165) is 66.9 Å². The SMILES string of the molecule is c1ccc(-c2ccc(N(c3ccccc3-c3ccccc3)c3ccc(-c4ccc5c(c4)c4ccccc4n5-c4ccccc4)c4oc5ccccc5c34)cc2)cc1. The third-order valence-corrected chi connectivity index (χ3v) is 11.2. The van der Waals surface area contributed by atoms with E-state index in [1.54, 1.807) is 0 Å². The average molecular weight is 729 g/mol. The number of rotatable bonds is 7. The molecule has 0 bridgehead atoms. The highest BCUT2D eigenvalue weighted by atomic mass is 16.3. The molecular weight excluding hydrogens is 693 g/mol. The molecule has 2 heterocycles. The molecule has 0 radical (unpaired) electrons. The minimum absolute atomic E-state index is 0.860. The molecule has 0 fully saturated rings. The molecule has 0 unspecified atom stereocenters. The maximum absolute atomic E-state index is 6.93. The zero-order chi connectivity index (χ0) is 37.7. The van der Waals surface area contributed by atoms with Crippen molar-refractivity contribution in [2.24, 2.45) is 0 Å². The van der Waals surface area contributed by atoms with Crippen molar-refractivity contribution in [1.29, 1.82) is 0 Å². The first kappa shape index (κ1) is 32.8. The number of fused-ring (bicyclic) bond motifs is 6. The van der Waals surface area contributed by atoms with Crippen LogP contribution in [0.25, 0.3) is 82.8 Å². The van der Waals surface area contributed by atoms with Crippen LogP contribution in [0.5, 0.6) is 0 Å². The number of furan rings is 1. The Labute approximate surface area is 330 Å². The molecule has 11 aromatic rings. The molecule has 0 aliphatic heterocycles. The summed E-state index contributed by atoms with van der Waals surface area (Å²) in [6.07, 6.45) is 0. The maximum Gasteiger partial charge on any atom is 0.145 e. The third kappa shape index (κ3) is 5.51. The lowest BCUT2D eigenvalue weighted by molar-refractivity contribution is 0.670. The quantitative estimate of drug-likeness (QED) is 0.163.